The van der Waals surface area contributed by atoms with E-state index in [4.69, 9.17) is 14.9 Å². The van der Waals surface area contributed by atoms with Gasteiger partial charge in [-0.05, 0) is 53.0 Å². The van der Waals surface area contributed by atoms with E-state index in [2.05, 4.69) is 20.9 Å². The number of benzene rings is 1. The van der Waals surface area contributed by atoms with Crippen molar-refractivity contribution in [2.75, 3.05) is 11.3 Å². The summed E-state index contributed by atoms with van der Waals surface area (Å²) in [6.45, 7) is 3.55. The van der Waals surface area contributed by atoms with Crippen molar-refractivity contribution in [3.63, 3.8) is 0 Å². The summed E-state index contributed by atoms with van der Waals surface area (Å²) in [6.07, 6.45) is 2.85. The Bertz CT molecular complexity index is 1560. The number of para-hydroxylation sites is 1. The van der Waals surface area contributed by atoms with Gasteiger partial charge in [-0.25, -0.2) is 0 Å². The van der Waals surface area contributed by atoms with Crippen LogP contribution in [0, 0.1) is 6.92 Å². The number of carbonyl (C=O) groups excluding carboxylic acids is 1. The van der Waals surface area contributed by atoms with Crippen molar-refractivity contribution < 1.29 is 35.5 Å². The normalized spacial score (nSPS) is 12.2. The van der Waals surface area contributed by atoms with E-state index in [-0.39, 0.29) is 36.1 Å². The van der Waals surface area contributed by atoms with Crippen LogP contribution in [0.4, 0.5) is 18.9 Å². The molecule has 0 radical (unpaired) electrons. The molecule has 1 aromatic heterocycles. The third-order valence-corrected chi connectivity index (χ3v) is 7.47. The Kier molecular flexibility index (Phi) is 6.99. The van der Waals surface area contributed by atoms with Gasteiger partial charge < -0.3 is 14.9 Å². The molecule has 2 aliphatic rings. The number of hydrogen-bond acceptors (Lipinski definition) is 6. The molecule has 37 heavy (non-hydrogen) atoms. The number of ether oxygens (including phenoxy) is 1. The summed E-state index contributed by atoms with van der Waals surface area (Å²) in [7, 11) is -5.70. The van der Waals surface area contributed by atoms with Crippen LogP contribution in [0.25, 0.3) is 22.3 Å². The Morgan fingerprint density at radius 1 is 1.22 bits per heavy atom. The summed E-state index contributed by atoms with van der Waals surface area (Å²) in [6, 6.07) is 7.43. The standard InChI is InChI=1S/C23H20BrF3N4O5S/c1-3-36-22-29-12(2)20(21(28)32)31(22)10-15-13-8-9-35-11-16(13)19(24)18(15)14-6-4-5-7-17(14)30-37(33,34)23(25,26)27/h4-9,11,30H,3,10H2,1-2H3,(H2,28,32). The zero-order valence-corrected chi connectivity index (χ0v) is 21.8. The van der Waals surface area contributed by atoms with Crippen LogP contribution in [-0.4, -0.2) is 36.0 Å². The van der Waals surface area contributed by atoms with E-state index in [1.54, 1.807) is 30.7 Å². The maximum Gasteiger partial charge on any atom is 0.516 e. The van der Waals surface area contributed by atoms with Gasteiger partial charge in [-0.15, -0.1) is 0 Å². The molecular formula is C23H20BrF3N4O5S. The minimum absolute atomic E-state index is 0.0315. The minimum Gasteiger partial charge on any atom is -0.472 e. The number of nitrogens with one attached hydrogen (secondary N) is 1. The smallest absolute Gasteiger partial charge is 0.472 e. The predicted octanol–water partition coefficient (Wildman–Crippen LogP) is 5.13. The summed E-state index contributed by atoms with van der Waals surface area (Å²) in [5.74, 6) is -0.749. The van der Waals surface area contributed by atoms with E-state index >= 15 is 0 Å². The number of aryl methyl sites for hydroxylation is 1. The Hall–Kier alpha value is -3.52. The fraction of sp³-hybridized carbons (Fsp3) is 0.217. The number of nitrogens with zero attached hydrogens (tertiary/aromatic N) is 2. The van der Waals surface area contributed by atoms with Gasteiger partial charge in [0.1, 0.15) is 5.69 Å². The molecule has 2 aromatic rings. The molecule has 0 saturated heterocycles. The van der Waals surface area contributed by atoms with E-state index in [1.807, 2.05) is 0 Å². The number of carbonyl (C=O) groups is 1. The Morgan fingerprint density at radius 2 is 1.92 bits per heavy atom. The second-order valence-electron chi connectivity index (χ2n) is 7.86. The first-order valence-corrected chi connectivity index (χ1v) is 13.0. The summed E-state index contributed by atoms with van der Waals surface area (Å²) in [4.78, 5) is 16.6. The van der Waals surface area contributed by atoms with Crippen LogP contribution >= 0.6 is 15.9 Å². The highest BCUT2D eigenvalue weighted by Gasteiger charge is 2.46. The van der Waals surface area contributed by atoms with Crippen molar-refractivity contribution in [3.05, 3.63) is 64.3 Å². The lowest BCUT2D eigenvalue weighted by atomic mass is 10.0. The second-order valence-corrected chi connectivity index (χ2v) is 10.3. The molecule has 0 spiro atoms. The number of amides is 1. The van der Waals surface area contributed by atoms with Crippen LogP contribution in [0.3, 0.4) is 0 Å². The zero-order valence-electron chi connectivity index (χ0n) is 19.4. The monoisotopic (exact) mass is 600 g/mol. The van der Waals surface area contributed by atoms with Gasteiger partial charge >= 0.3 is 15.5 Å². The Morgan fingerprint density at radius 3 is 2.57 bits per heavy atom. The van der Waals surface area contributed by atoms with Crippen LogP contribution in [0.1, 0.15) is 28.7 Å². The van der Waals surface area contributed by atoms with E-state index in [0.29, 0.717) is 32.4 Å². The lowest BCUT2D eigenvalue weighted by Crippen LogP contribution is -2.30. The van der Waals surface area contributed by atoms with E-state index in [9.17, 15) is 26.4 Å². The number of sulfonamides is 1. The first kappa shape index (κ1) is 26.5. The molecule has 1 aromatic carbocycles. The highest BCUT2D eigenvalue weighted by atomic mass is 79.9. The lowest BCUT2D eigenvalue weighted by Gasteiger charge is -2.17. The first-order valence-electron chi connectivity index (χ1n) is 10.7. The number of hydrogen-bond donors (Lipinski definition) is 2. The quantitative estimate of drug-likeness (QED) is 0.288. The fourth-order valence-corrected chi connectivity index (χ4v) is 5.39. The lowest BCUT2D eigenvalue weighted by molar-refractivity contribution is -0.0429. The van der Waals surface area contributed by atoms with Gasteiger partial charge in [-0.3, -0.25) is 14.1 Å². The molecule has 14 heteroatoms. The maximum absolute atomic E-state index is 13.2. The number of nitrogens with two attached hydrogens (primary N) is 1. The van der Waals surface area contributed by atoms with Crippen molar-refractivity contribution in [2.24, 2.45) is 5.73 Å². The molecule has 4 rings (SSSR count). The molecule has 0 unspecified atom stereocenters. The molecule has 1 aliphatic carbocycles. The zero-order chi connectivity index (χ0) is 27.1. The summed E-state index contributed by atoms with van der Waals surface area (Å²) < 4.78 is 77.8. The first-order chi connectivity index (χ1) is 17.4. The average molecular weight is 601 g/mol. The number of alkyl halides is 3. The van der Waals surface area contributed by atoms with Crippen LogP contribution in [0.15, 0.2) is 51.7 Å². The van der Waals surface area contributed by atoms with Gasteiger partial charge in [0.2, 0.25) is 0 Å². The van der Waals surface area contributed by atoms with E-state index in [0.717, 1.165) is 0 Å². The van der Waals surface area contributed by atoms with Gasteiger partial charge in [-0.1, -0.05) is 18.2 Å². The SMILES string of the molecule is CCOc1nc(C)c(C(N)=O)n1Cc1c2ccocc-2c(Br)c1-c1ccccc1NS(=O)(=O)C(F)(F)F. The van der Waals surface area contributed by atoms with Crippen molar-refractivity contribution in [1.82, 2.24) is 9.55 Å². The molecule has 1 amide bonds. The van der Waals surface area contributed by atoms with Gasteiger partial charge in [0, 0.05) is 21.2 Å². The molecule has 0 bridgehead atoms. The fourth-order valence-electron chi connectivity index (χ4n) is 4.04. The van der Waals surface area contributed by atoms with Crippen LogP contribution in [0.5, 0.6) is 6.01 Å². The third kappa shape index (κ3) is 4.78. The molecule has 3 N–H and O–H groups in total. The molecule has 9 nitrogen and oxygen atoms in total. The Labute approximate surface area is 217 Å². The molecule has 0 fully saturated rings. The number of primary amides is 1. The van der Waals surface area contributed by atoms with Crippen LogP contribution < -0.4 is 15.2 Å². The summed E-state index contributed by atoms with van der Waals surface area (Å²) in [5, 5.41) is 0. The number of rotatable bonds is 8. The topological polar surface area (TPSA) is 129 Å². The minimum atomic E-state index is -5.70. The predicted molar refractivity (Wildman–Crippen MR) is 133 cm³/mol. The molecule has 0 saturated carbocycles. The summed E-state index contributed by atoms with van der Waals surface area (Å²) >= 11 is 3.50. The van der Waals surface area contributed by atoms with Crippen molar-refractivity contribution >= 4 is 37.5 Å². The largest absolute Gasteiger partial charge is 0.516 e. The third-order valence-electron chi connectivity index (χ3n) is 5.55. The highest BCUT2D eigenvalue weighted by molar-refractivity contribution is 9.10. The maximum atomic E-state index is 13.2. The number of anilines is 1. The van der Waals surface area contributed by atoms with Gasteiger partial charge in [0.05, 0.1) is 37.1 Å². The molecule has 2 heterocycles. The van der Waals surface area contributed by atoms with Crippen molar-refractivity contribution in [3.8, 4) is 28.3 Å². The number of aromatic nitrogens is 2. The average Bonchev–Trinajstić information content (AvgIpc) is 3.27. The number of fused-ring (bicyclic) bond motifs is 1. The molecular weight excluding hydrogens is 581 g/mol. The van der Waals surface area contributed by atoms with Crippen LogP contribution in [-0.2, 0) is 16.6 Å². The Balaban J connectivity index is 1.98. The molecule has 0 atom stereocenters. The summed E-state index contributed by atoms with van der Waals surface area (Å²) in [5.41, 5.74) is 2.48. The van der Waals surface area contributed by atoms with Crippen molar-refractivity contribution in [1.29, 1.82) is 0 Å². The molecule has 1 aliphatic heterocycles. The van der Waals surface area contributed by atoms with E-state index < -0.39 is 21.4 Å². The number of halogens is 4. The van der Waals surface area contributed by atoms with Gasteiger partial charge in [0.25, 0.3) is 11.9 Å². The van der Waals surface area contributed by atoms with Crippen LogP contribution in [0.2, 0.25) is 0 Å². The number of imidazole rings is 1. The van der Waals surface area contributed by atoms with Gasteiger partial charge in [0.15, 0.2) is 0 Å². The second kappa shape index (κ2) is 9.74. The van der Waals surface area contributed by atoms with E-state index in [1.165, 1.54) is 35.3 Å². The van der Waals surface area contributed by atoms with Gasteiger partial charge in [-0.2, -0.15) is 26.6 Å². The highest BCUT2D eigenvalue weighted by Crippen LogP contribution is 2.48. The molecule has 196 valence electrons. The van der Waals surface area contributed by atoms with Crippen molar-refractivity contribution in [2.45, 2.75) is 25.9 Å².